The lowest BCUT2D eigenvalue weighted by molar-refractivity contribution is 0.0994. The van der Waals surface area contributed by atoms with Crippen LogP contribution in [0.15, 0.2) is 0 Å². The van der Waals surface area contributed by atoms with Gasteiger partial charge in [-0.2, -0.15) is 0 Å². The monoisotopic (exact) mass is 156 g/mol. The maximum atomic E-state index is 5.28. The summed E-state index contributed by atoms with van der Waals surface area (Å²) in [5, 5.41) is 0. The Kier molecular flexibility index (Phi) is 6.97. The number of hydrogen-bond acceptors (Lipinski definition) is 2. The second-order valence-corrected chi connectivity index (χ2v) is 2.03. The fraction of sp³-hybridized carbons (Fsp3) is 0.778. The molecule has 0 fully saturated rings. The van der Waals surface area contributed by atoms with Crippen LogP contribution in [-0.2, 0) is 9.47 Å². The number of hydrogen-bond donors (Lipinski definition) is 0. The summed E-state index contributed by atoms with van der Waals surface area (Å²) in [7, 11) is 0. The predicted molar refractivity (Wildman–Crippen MR) is 45.1 cm³/mol. The standard InChI is InChI=1S/C9H16O2/c1-4-9(11-6-3)7-8-10-5-2/h9H,4-6H2,1-3H3. The molecule has 11 heavy (non-hydrogen) atoms. The van der Waals surface area contributed by atoms with Crippen molar-refractivity contribution in [2.24, 2.45) is 0 Å². The SMILES string of the molecule is CCOC#CC(CC)OCC. The Morgan fingerprint density at radius 3 is 2.36 bits per heavy atom. The van der Waals surface area contributed by atoms with Crippen LogP contribution in [0.25, 0.3) is 0 Å². The normalized spacial score (nSPS) is 11.5. The van der Waals surface area contributed by atoms with Crippen LogP contribution in [0.5, 0.6) is 0 Å². The quantitative estimate of drug-likeness (QED) is 0.578. The van der Waals surface area contributed by atoms with Crippen molar-refractivity contribution in [3.63, 3.8) is 0 Å². The lowest BCUT2D eigenvalue weighted by Gasteiger charge is -2.05. The fourth-order valence-electron chi connectivity index (χ4n) is 0.642. The van der Waals surface area contributed by atoms with E-state index in [0.717, 1.165) is 6.42 Å². The van der Waals surface area contributed by atoms with E-state index < -0.39 is 0 Å². The minimum absolute atomic E-state index is 0.0338. The maximum absolute atomic E-state index is 5.28. The average molecular weight is 156 g/mol. The van der Waals surface area contributed by atoms with E-state index in [9.17, 15) is 0 Å². The zero-order valence-electron chi connectivity index (χ0n) is 7.52. The largest absolute Gasteiger partial charge is 0.447 e. The average Bonchev–Trinajstić information content (AvgIpc) is 2.03. The first-order valence-corrected chi connectivity index (χ1v) is 4.09. The molecule has 0 aliphatic rings. The smallest absolute Gasteiger partial charge is 0.121 e. The summed E-state index contributed by atoms with van der Waals surface area (Å²) < 4.78 is 10.2. The van der Waals surface area contributed by atoms with Gasteiger partial charge in [0.05, 0.1) is 6.61 Å². The third-order valence-corrected chi connectivity index (χ3v) is 1.18. The molecule has 0 amide bonds. The summed E-state index contributed by atoms with van der Waals surface area (Å²) in [6.45, 7) is 7.26. The fourth-order valence-corrected chi connectivity index (χ4v) is 0.642. The molecule has 0 aliphatic heterocycles. The Bertz CT molecular complexity index is 132. The van der Waals surface area contributed by atoms with Gasteiger partial charge >= 0.3 is 0 Å². The van der Waals surface area contributed by atoms with Crippen molar-refractivity contribution in [3.05, 3.63) is 0 Å². The Balaban J connectivity index is 3.59. The molecule has 0 aliphatic carbocycles. The van der Waals surface area contributed by atoms with Gasteiger partial charge in [0.25, 0.3) is 0 Å². The zero-order valence-corrected chi connectivity index (χ0v) is 7.52. The van der Waals surface area contributed by atoms with E-state index in [1.54, 1.807) is 0 Å². The van der Waals surface area contributed by atoms with Gasteiger partial charge in [-0.15, -0.1) is 0 Å². The van der Waals surface area contributed by atoms with Crippen molar-refractivity contribution in [2.45, 2.75) is 33.3 Å². The molecule has 0 saturated heterocycles. The number of ether oxygens (including phenoxy) is 2. The van der Waals surface area contributed by atoms with Gasteiger partial charge in [-0.25, -0.2) is 0 Å². The van der Waals surface area contributed by atoms with Gasteiger partial charge in [0, 0.05) is 6.61 Å². The van der Waals surface area contributed by atoms with Crippen LogP contribution in [0, 0.1) is 12.0 Å². The van der Waals surface area contributed by atoms with Gasteiger partial charge in [0.2, 0.25) is 0 Å². The third kappa shape index (κ3) is 5.75. The highest BCUT2D eigenvalue weighted by molar-refractivity contribution is 4.99. The van der Waals surface area contributed by atoms with E-state index in [2.05, 4.69) is 12.0 Å². The molecule has 0 radical (unpaired) electrons. The maximum Gasteiger partial charge on any atom is 0.121 e. The molecule has 1 atom stereocenters. The van der Waals surface area contributed by atoms with Gasteiger partial charge in [0.15, 0.2) is 0 Å². The third-order valence-electron chi connectivity index (χ3n) is 1.18. The molecule has 0 N–H and O–H groups in total. The van der Waals surface area contributed by atoms with Crippen LogP contribution in [-0.4, -0.2) is 19.3 Å². The van der Waals surface area contributed by atoms with Gasteiger partial charge in [-0.3, -0.25) is 0 Å². The Labute approximate surface area is 68.9 Å². The van der Waals surface area contributed by atoms with Crippen molar-refractivity contribution in [1.82, 2.24) is 0 Å². The highest BCUT2D eigenvalue weighted by atomic mass is 16.5. The van der Waals surface area contributed by atoms with E-state index >= 15 is 0 Å². The van der Waals surface area contributed by atoms with Crippen molar-refractivity contribution in [1.29, 1.82) is 0 Å². The van der Waals surface area contributed by atoms with Crippen LogP contribution >= 0.6 is 0 Å². The van der Waals surface area contributed by atoms with Crippen LogP contribution in [0.4, 0.5) is 0 Å². The number of rotatable bonds is 4. The molecule has 0 heterocycles. The molecule has 0 spiro atoms. The topological polar surface area (TPSA) is 18.5 Å². The van der Waals surface area contributed by atoms with E-state index in [-0.39, 0.29) is 6.10 Å². The lowest BCUT2D eigenvalue weighted by atomic mass is 10.3. The first kappa shape index (κ1) is 10.3. The summed E-state index contributed by atoms with van der Waals surface area (Å²) >= 11 is 0. The molecule has 0 aromatic heterocycles. The second-order valence-electron chi connectivity index (χ2n) is 2.03. The first-order chi connectivity index (χ1) is 5.35. The van der Waals surface area contributed by atoms with E-state index in [0.29, 0.717) is 13.2 Å². The van der Waals surface area contributed by atoms with Crippen molar-refractivity contribution in [2.75, 3.05) is 13.2 Å². The minimum Gasteiger partial charge on any atom is -0.447 e. The van der Waals surface area contributed by atoms with Crippen LogP contribution in [0.2, 0.25) is 0 Å². The van der Waals surface area contributed by atoms with E-state index in [1.807, 2.05) is 20.8 Å². The van der Waals surface area contributed by atoms with Crippen LogP contribution in [0.3, 0.4) is 0 Å². The van der Waals surface area contributed by atoms with Gasteiger partial charge in [-0.05, 0) is 26.2 Å². The summed E-state index contributed by atoms with van der Waals surface area (Å²) in [5.41, 5.74) is 0. The molecular weight excluding hydrogens is 140 g/mol. The Morgan fingerprint density at radius 1 is 1.18 bits per heavy atom. The first-order valence-electron chi connectivity index (χ1n) is 4.09. The molecule has 2 heteroatoms. The molecule has 1 unspecified atom stereocenters. The van der Waals surface area contributed by atoms with Crippen molar-refractivity contribution >= 4 is 0 Å². The molecule has 2 nitrogen and oxygen atoms in total. The zero-order chi connectivity index (χ0) is 8.53. The van der Waals surface area contributed by atoms with Gasteiger partial charge < -0.3 is 9.47 Å². The van der Waals surface area contributed by atoms with E-state index in [4.69, 9.17) is 9.47 Å². The molecule has 0 bridgehead atoms. The highest BCUT2D eigenvalue weighted by Gasteiger charge is 1.98. The van der Waals surface area contributed by atoms with Crippen molar-refractivity contribution in [3.8, 4) is 12.0 Å². The Hall–Kier alpha value is -0.680. The highest BCUT2D eigenvalue weighted by Crippen LogP contribution is 1.94. The van der Waals surface area contributed by atoms with Crippen LogP contribution < -0.4 is 0 Å². The van der Waals surface area contributed by atoms with Crippen LogP contribution in [0.1, 0.15) is 27.2 Å². The van der Waals surface area contributed by atoms with Crippen molar-refractivity contribution < 1.29 is 9.47 Å². The van der Waals surface area contributed by atoms with Gasteiger partial charge in [0.1, 0.15) is 12.2 Å². The van der Waals surface area contributed by atoms with Gasteiger partial charge in [-0.1, -0.05) is 6.92 Å². The molecule has 64 valence electrons. The molecule has 0 aromatic carbocycles. The second kappa shape index (κ2) is 7.43. The predicted octanol–water partition coefficient (Wildman–Crippen LogP) is 1.80. The minimum atomic E-state index is 0.0338. The van der Waals surface area contributed by atoms with E-state index in [1.165, 1.54) is 0 Å². The Morgan fingerprint density at radius 2 is 1.91 bits per heavy atom. The molecule has 0 rings (SSSR count). The molecule has 0 aromatic rings. The summed E-state index contributed by atoms with van der Waals surface area (Å²) in [6, 6.07) is 0. The summed E-state index contributed by atoms with van der Waals surface area (Å²) in [4.78, 5) is 0. The molecule has 0 saturated carbocycles. The summed E-state index contributed by atoms with van der Waals surface area (Å²) in [5.74, 6) is 2.88. The summed E-state index contributed by atoms with van der Waals surface area (Å²) in [6.07, 6.45) is 3.54. The lowest BCUT2D eigenvalue weighted by Crippen LogP contribution is -2.08. The molecular formula is C9H16O2.